The number of alkyl halides is 3. The zero-order valence-electron chi connectivity index (χ0n) is 17.1. The number of rotatable bonds is 5. The van der Waals surface area contributed by atoms with Crippen molar-refractivity contribution in [3.05, 3.63) is 41.4 Å². The van der Waals surface area contributed by atoms with Crippen molar-refractivity contribution in [2.24, 2.45) is 5.92 Å². The summed E-state index contributed by atoms with van der Waals surface area (Å²) in [5.41, 5.74) is 2.15. The van der Waals surface area contributed by atoms with Crippen molar-refractivity contribution in [1.82, 2.24) is 10.4 Å². The van der Waals surface area contributed by atoms with Gasteiger partial charge in [-0.15, -0.1) is 0 Å². The SMILES string of the molecule is CC.CC(C)CC(C)c1ccccc1NC(=O)C1=C(F)N(C)NC1C(F)(F)F. The first-order chi connectivity index (χ1) is 13.0. The number of hydrogen-bond acceptors (Lipinski definition) is 3. The van der Waals surface area contributed by atoms with Crippen LogP contribution in [0.15, 0.2) is 35.8 Å². The fraction of sp³-hybridized carbons (Fsp3) is 0.550. The molecule has 1 aliphatic heterocycles. The second kappa shape index (κ2) is 9.91. The van der Waals surface area contributed by atoms with Crippen LogP contribution < -0.4 is 10.7 Å². The first-order valence-corrected chi connectivity index (χ1v) is 9.39. The predicted octanol–water partition coefficient (Wildman–Crippen LogP) is 5.36. The maximum absolute atomic E-state index is 14.1. The number of benzene rings is 1. The van der Waals surface area contributed by atoms with Gasteiger partial charge in [0, 0.05) is 12.7 Å². The highest BCUT2D eigenvalue weighted by molar-refractivity contribution is 6.05. The molecule has 158 valence electrons. The second-order valence-corrected chi connectivity index (χ2v) is 6.94. The molecule has 1 aliphatic rings. The largest absolute Gasteiger partial charge is 0.409 e. The first kappa shape index (κ1) is 23.9. The summed E-state index contributed by atoms with van der Waals surface area (Å²) < 4.78 is 53.5. The van der Waals surface area contributed by atoms with Crippen LogP contribution in [0.4, 0.5) is 23.2 Å². The Morgan fingerprint density at radius 2 is 1.79 bits per heavy atom. The van der Waals surface area contributed by atoms with Crippen LogP contribution in [-0.2, 0) is 4.79 Å². The number of hydrogen-bond donors (Lipinski definition) is 2. The van der Waals surface area contributed by atoms with Gasteiger partial charge in [0.25, 0.3) is 5.91 Å². The van der Waals surface area contributed by atoms with E-state index in [0.717, 1.165) is 19.0 Å². The van der Waals surface area contributed by atoms with Gasteiger partial charge < -0.3 is 5.32 Å². The minimum Gasteiger partial charge on any atom is -0.322 e. The molecule has 0 saturated carbocycles. The molecule has 2 rings (SSSR count). The van der Waals surface area contributed by atoms with Crippen molar-refractivity contribution in [2.75, 3.05) is 12.4 Å². The Balaban J connectivity index is 0.00000190. The summed E-state index contributed by atoms with van der Waals surface area (Å²) in [5.74, 6) is -1.84. The lowest BCUT2D eigenvalue weighted by Gasteiger charge is -2.21. The number of nitrogens with one attached hydrogen (secondary N) is 2. The maximum Gasteiger partial charge on any atom is 0.409 e. The third-order valence-corrected chi connectivity index (χ3v) is 4.26. The minimum absolute atomic E-state index is 0.0908. The van der Waals surface area contributed by atoms with Crippen LogP contribution in [0.5, 0.6) is 0 Å². The van der Waals surface area contributed by atoms with E-state index in [4.69, 9.17) is 0 Å². The van der Waals surface area contributed by atoms with Gasteiger partial charge in [0.1, 0.15) is 0 Å². The molecule has 0 saturated heterocycles. The van der Waals surface area contributed by atoms with Crippen LogP contribution in [-0.4, -0.2) is 30.2 Å². The zero-order chi connectivity index (χ0) is 21.6. The molecule has 1 aromatic carbocycles. The summed E-state index contributed by atoms with van der Waals surface area (Å²) in [4.78, 5) is 12.4. The quantitative estimate of drug-likeness (QED) is 0.514. The van der Waals surface area contributed by atoms with Crippen molar-refractivity contribution >= 4 is 11.6 Å². The highest BCUT2D eigenvalue weighted by atomic mass is 19.4. The van der Waals surface area contributed by atoms with E-state index in [-0.39, 0.29) is 5.92 Å². The second-order valence-electron chi connectivity index (χ2n) is 6.94. The van der Waals surface area contributed by atoms with Gasteiger partial charge in [-0.05, 0) is 29.9 Å². The number of halogens is 4. The molecule has 1 heterocycles. The summed E-state index contributed by atoms with van der Waals surface area (Å²) in [6.07, 6.45) is -3.95. The average Bonchev–Trinajstić information content (AvgIpc) is 2.92. The Kier molecular flexibility index (Phi) is 8.48. The van der Waals surface area contributed by atoms with Crippen LogP contribution in [0.1, 0.15) is 52.5 Å². The predicted molar refractivity (Wildman–Crippen MR) is 103 cm³/mol. The zero-order valence-corrected chi connectivity index (χ0v) is 17.1. The normalized spacial score (nSPS) is 18.1. The van der Waals surface area contributed by atoms with Crippen LogP contribution in [0.25, 0.3) is 0 Å². The Morgan fingerprint density at radius 3 is 2.32 bits per heavy atom. The summed E-state index contributed by atoms with van der Waals surface area (Å²) in [7, 11) is 1.09. The molecular formula is C20H29F4N3O. The summed E-state index contributed by atoms with van der Waals surface area (Å²) in [5, 5.41) is 3.03. The van der Waals surface area contributed by atoms with E-state index < -0.39 is 29.6 Å². The smallest absolute Gasteiger partial charge is 0.322 e. The maximum atomic E-state index is 14.1. The third-order valence-electron chi connectivity index (χ3n) is 4.26. The highest BCUT2D eigenvalue weighted by Crippen LogP contribution is 2.34. The average molecular weight is 403 g/mol. The van der Waals surface area contributed by atoms with Crippen molar-refractivity contribution in [2.45, 2.75) is 59.2 Å². The fourth-order valence-electron chi connectivity index (χ4n) is 3.14. The molecule has 0 fully saturated rings. The Labute approximate surface area is 164 Å². The molecule has 2 N–H and O–H groups in total. The monoisotopic (exact) mass is 403 g/mol. The van der Waals surface area contributed by atoms with E-state index in [1.54, 1.807) is 18.2 Å². The van der Waals surface area contributed by atoms with Gasteiger partial charge >= 0.3 is 6.18 Å². The number of carbonyl (C=O) groups is 1. The van der Waals surface area contributed by atoms with E-state index in [1.165, 1.54) is 0 Å². The summed E-state index contributed by atoms with van der Waals surface area (Å²) >= 11 is 0. The molecule has 28 heavy (non-hydrogen) atoms. The third kappa shape index (κ3) is 5.70. The Morgan fingerprint density at radius 1 is 1.21 bits per heavy atom. The molecule has 0 radical (unpaired) electrons. The first-order valence-electron chi connectivity index (χ1n) is 9.39. The minimum atomic E-state index is -4.79. The Bertz CT molecular complexity index is 701. The van der Waals surface area contributed by atoms with Gasteiger partial charge in [-0.1, -0.05) is 52.8 Å². The van der Waals surface area contributed by atoms with Crippen LogP contribution in [0, 0.1) is 5.92 Å². The van der Waals surface area contributed by atoms with Gasteiger partial charge in [0.2, 0.25) is 5.95 Å². The van der Waals surface area contributed by atoms with E-state index in [0.29, 0.717) is 16.6 Å². The number of hydrazine groups is 1. The number of para-hydroxylation sites is 1. The molecule has 2 atom stereocenters. The van der Waals surface area contributed by atoms with E-state index in [2.05, 4.69) is 19.2 Å². The number of nitrogens with zero attached hydrogens (tertiary/aromatic N) is 1. The molecule has 0 aliphatic carbocycles. The van der Waals surface area contributed by atoms with Crippen molar-refractivity contribution in [3.8, 4) is 0 Å². The van der Waals surface area contributed by atoms with Gasteiger partial charge in [-0.2, -0.15) is 17.6 Å². The summed E-state index contributed by atoms with van der Waals surface area (Å²) in [6.45, 7) is 10.1. The molecule has 4 nitrogen and oxygen atoms in total. The van der Waals surface area contributed by atoms with Gasteiger partial charge in [-0.3, -0.25) is 9.80 Å². The summed E-state index contributed by atoms with van der Waals surface area (Å²) in [6, 6.07) is 4.51. The Hall–Kier alpha value is -2.09. The molecular weight excluding hydrogens is 374 g/mol. The lowest BCUT2D eigenvalue weighted by molar-refractivity contribution is -0.153. The number of amides is 1. The molecule has 2 unspecified atom stereocenters. The van der Waals surface area contributed by atoms with Crippen LogP contribution in [0.3, 0.4) is 0 Å². The molecule has 8 heteroatoms. The van der Waals surface area contributed by atoms with Crippen molar-refractivity contribution in [1.29, 1.82) is 0 Å². The van der Waals surface area contributed by atoms with E-state index in [9.17, 15) is 22.4 Å². The standard InChI is InChI=1S/C18H23F4N3O.C2H6/c1-10(2)9-11(3)12-7-5-6-8-13(12)23-17(26)14-15(18(20,21)22)24-25(4)16(14)19;1-2/h5-8,10-11,15,24H,9H2,1-4H3,(H,23,26);1-2H3. The molecule has 1 aromatic rings. The molecule has 0 aromatic heterocycles. The van der Waals surface area contributed by atoms with Crippen molar-refractivity contribution in [3.63, 3.8) is 0 Å². The molecule has 0 bridgehead atoms. The van der Waals surface area contributed by atoms with Gasteiger partial charge in [-0.25, -0.2) is 5.43 Å². The van der Waals surface area contributed by atoms with Crippen LogP contribution in [0.2, 0.25) is 0 Å². The van der Waals surface area contributed by atoms with Gasteiger partial charge in [0.15, 0.2) is 6.04 Å². The highest BCUT2D eigenvalue weighted by Gasteiger charge is 2.50. The van der Waals surface area contributed by atoms with E-state index >= 15 is 0 Å². The fourth-order valence-corrected chi connectivity index (χ4v) is 3.14. The number of anilines is 1. The molecule has 0 spiro atoms. The van der Waals surface area contributed by atoms with Gasteiger partial charge in [0.05, 0.1) is 5.57 Å². The topological polar surface area (TPSA) is 44.4 Å². The van der Waals surface area contributed by atoms with E-state index in [1.807, 2.05) is 32.3 Å². The van der Waals surface area contributed by atoms with Crippen LogP contribution >= 0.6 is 0 Å². The number of carbonyl (C=O) groups excluding carboxylic acids is 1. The molecule has 1 amide bonds. The van der Waals surface area contributed by atoms with Crippen molar-refractivity contribution < 1.29 is 22.4 Å². The lowest BCUT2D eigenvalue weighted by atomic mass is 9.91. The lowest BCUT2D eigenvalue weighted by Crippen LogP contribution is -2.46.